The number of nitrogens with zero attached hydrogens (tertiary/aromatic N) is 2. The van der Waals surface area contributed by atoms with Crippen molar-refractivity contribution in [1.29, 1.82) is 0 Å². The molecule has 0 fully saturated rings. The van der Waals surface area contributed by atoms with E-state index in [1.807, 2.05) is 22.9 Å². The largest absolute Gasteiger partial charge is 0.295 e. The molecule has 3 aromatic rings. The summed E-state index contributed by atoms with van der Waals surface area (Å²) in [6, 6.07) is 10.8. The van der Waals surface area contributed by atoms with Crippen molar-refractivity contribution < 1.29 is 9.59 Å². The predicted molar refractivity (Wildman–Crippen MR) is 99.2 cm³/mol. The van der Waals surface area contributed by atoms with Crippen LogP contribution in [-0.2, 0) is 4.79 Å². The van der Waals surface area contributed by atoms with Gasteiger partial charge in [0.15, 0.2) is 5.16 Å². The normalized spacial score (nSPS) is 10.4. The highest BCUT2D eigenvalue weighted by Gasteiger charge is 2.11. The van der Waals surface area contributed by atoms with Gasteiger partial charge in [0, 0.05) is 23.1 Å². The molecule has 2 amide bonds. The van der Waals surface area contributed by atoms with Gasteiger partial charge in [0.2, 0.25) is 5.91 Å². The minimum atomic E-state index is -0.337. The maximum absolute atomic E-state index is 11.9. The first-order valence-corrected chi connectivity index (χ1v) is 9.42. The Balaban J connectivity index is 1.54. The monoisotopic (exact) mass is 392 g/mol. The van der Waals surface area contributed by atoms with Gasteiger partial charge >= 0.3 is 0 Å². The Labute approximate surface area is 157 Å². The molecule has 0 aliphatic heterocycles. The smallest absolute Gasteiger partial charge is 0.279 e. The van der Waals surface area contributed by atoms with E-state index in [0.29, 0.717) is 15.1 Å². The Hall–Kier alpha value is -2.29. The van der Waals surface area contributed by atoms with Crippen LogP contribution < -0.4 is 10.9 Å². The molecule has 128 valence electrons. The molecule has 0 bridgehead atoms. The van der Waals surface area contributed by atoms with Crippen molar-refractivity contribution in [1.82, 2.24) is 20.4 Å². The number of amides is 2. The first-order valence-electron chi connectivity index (χ1n) is 7.18. The fourth-order valence-electron chi connectivity index (χ4n) is 1.96. The second-order valence-electron chi connectivity index (χ2n) is 4.82. The van der Waals surface area contributed by atoms with Gasteiger partial charge in [-0.2, -0.15) is 0 Å². The van der Waals surface area contributed by atoms with Crippen molar-refractivity contribution >= 4 is 46.5 Å². The average Bonchev–Trinajstić information content (AvgIpc) is 3.30. The Morgan fingerprint density at radius 3 is 2.72 bits per heavy atom. The molecule has 25 heavy (non-hydrogen) atoms. The maximum Gasteiger partial charge on any atom is 0.279 e. The summed E-state index contributed by atoms with van der Waals surface area (Å²) in [7, 11) is 0. The molecule has 0 radical (unpaired) electrons. The molecule has 0 unspecified atom stereocenters. The topological polar surface area (TPSA) is 76.0 Å². The summed E-state index contributed by atoms with van der Waals surface area (Å²) in [6.45, 7) is 0. The quantitative estimate of drug-likeness (QED) is 0.516. The van der Waals surface area contributed by atoms with Crippen molar-refractivity contribution in [2.24, 2.45) is 0 Å². The molecule has 0 aliphatic rings. The molecule has 0 spiro atoms. The number of hydrogen-bond donors (Lipinski definition) is 2. The molecular weight excluding hydrogens is 380 g/mol. The van der Waals surface area contributed by atoms with Gasteiger partial charge < -0.3 is 0 Å². The summed E-state index contributed by atoms with van der Waals surface area (Å²) in [5, 5.41) is 3.12. The lowest BCUT2D eigenvalue weighted by atomic mass is 10.3. The zero-order valence-electron chi connectivity index (χ0n) is 12.8. The molecule has 9 heteroatoms. The van der Waals surface area contributed by atoms with Gasteiger partial charge in [-0.15, -0.1) is 11.3 Å². The number of hydrogen-bond acceptors (Lipinski definition) is 5. The lowest BCUT2D eigenvalue weighted by Gasteiger charge is -2.08. The zero-order valence-corrected chi connectivity index (χ0v) is 15.2. The van der Waals surface area contributed by atoms with E-state index in [1.54, 1.807) is 35.8 Å². The van der Waals surface area contributed by atoms with Crippen molar-refractivity contribution in [3.05, 3.63) is 64.1 Å². The van der Waals surface area contributed by atoms with Crippen molar-refractivity contribution in [3.8, 4) is 5.69 Å². The molecular formula is C16H13ClN4O2S2. The summed E-state index contributed by atoms with van der Waals surface area (Å²) in [5.74, 6) is -0.536. The van der Waals surface area contributed by atoms with Crippen LogP contribution in [0.1, 0.15) is 9.67 Å². The summed E-state index contributed by atoms with van der Waals surface area (Å²) in [5.41, 5.74) is 5.68. The van der Waals surface area contributed by atoms with Crippen LogP contribution in [0.3, 0.4) is 0 Å². The third kappa shape index (κ3) is 4.62. The van der Waals surface area contributed by atoms with E-state index in [0.717, 1.165) is 5.69 Å². The van der Waals surface area contributed by atoms with Crippen LogP contribution in [0.5, 0.6) is 0 Å². The molecule has 0 saturated heterocycles. The van der Waals surface area contributed by atoms with Crippen LogP contribution in [0, 0.1) is 0 Å². The molecule has 0 saturated carbocycles. The van der Waals surface area contributed by atoms with Crippen molar-refractivity contribution in [2.45, 2.75) is 5.16 Å². The zero-order chi connectivity index (χ0) is 17.6. The van der Waals surface area contributed by atoms with E-state index in [2.05, 4.69) is 15.8 Å². The lowest BCUT2D eigenvalue weighted by Crippen LogP contribution is -2.42. The van der Waals surface area contributed by atoms with Crippen molar-refractivity contribution in [3.63, 3.8) is 0 Å². The van der Waals surface area contributed by atoms with Crippen molar-refractivity contribution in [2.75, 3.05) is 5.75 Å². The summed E-state index contributed by atoms with van der Waals surface area (Å²) < 4.78 is 1.86. The third-order valence-corrected chi connectivity index (χ3v) is 5.19. The molecule has 6 nitrogen and oxygen atoms in total. The number of carbonyl (C=O) groups is 2. The molecule has 2 aromatic heterocycles. The fourth-order valence-corrected chi connectivity index (χ4v) is 3.47. The van der Waals surface area contributed by atoms with E-state index in [4.69, 9.17) is 11.6 Å². The lowest BCUT2D eigenvalue weighted by molar-refractivity contribution is -0.119. The van der Waals surface area contributed by atoms with Crippen LogP contribution in [0.2, 0.25) is 5.02 Å². The molecule has 1 aromatic carbocycles. The number of thioether (sulfide) groups is 1. The van der Waals surface area contributed by atoms with Crippen LogP contribution in [0.4, 0.5) is 0 Å². The highest BCUT2D eigenvalue weighted by atomic mass is 35.5. The second kappa shape index (κ2) is 8.19. The molecule has 2 heterocycles. The van der Waals surface area contributed by atoms with E-state index < -0.39 is 0 Å². The van der Waals surface area contributed by atoms with E-state index in [1.165, 1.54) is 23.1 Å². The number of nitrogens with one attached hydrogen (secondary N) is 2. The molecule has 0 atom stereocenters. The van der Waals surface area contributed by atoms with Crippen LogP contribution in [0.15, 0.2) is 59.3 Å². The number of thiophene rings is 1. The molecule has 3 rings (SSSR count). The number of benzene rings is 1. The minimum Gasteiger partial charge on any atom is -0.295 e. The SMILES string of the molecule is O=C(CSc1nccn1-c1ccc(Cl)cc1)NNC(=O)c1cccs1. The standard InChI is InChI=1S/C16H13ClN4O2S2/c17-11-3-5-12(6-4-11)21-8-7-18-16(21)25-10-14(22)19-20-15(23)13-2-1-9-24-13/h1-9H,10H2,(H,19,22)(H,20,23). The summed E-state index contributed by atoms with van der Waals surface area (Å²) >= 11 is 8.47. The number of imidazole rings is 1. The van der Waals surface area contributed by atoms with Gasteiger partial charge in [-0.25, -0.2) is 4.98 Å². The number of hydrazine groups is 1. The Bertz CT molecular complexity index is 863. The number of halogens is 1. The van der Waals surface area contributed by atoms with Crippen LogP contribution in [0.25, 0.3) is 5.69 Å². The maximum atomic E-state index is 11.9. The Kier molecular flexibility index (Phi) is 5.75. The molecule has 2 N–H and O–H groups in total. The van der Waals surface area contributed by atoms with Gasteiger partial charge in [-0.05, 0) is 35.7 Å². The van der Waals surface area contributed by atoms with E-state index in [-0.39, 0.29) is 17.6 Å². The van der Waals surface area contributed by atoms with E-state index >= 15 is 0 Å². The predicted octanol–water partition coefficient (Wildman–Crippen LogP) is 3.14. The van der Waals surface area contributed by atoms with Gasteiger partial charge in [-0.3, -0.25) is 25.0 Å². The third-order valence-electron chi connectivity index (χ3n) is 3.10. The minimum absolute atomic E-state index is 0.120. The van der Waals surface area contributed by atoms with Gasteiger partial charge in [-0.1, -0.05) is 29.4 Å². The van der Waals surface area contributed by atoms with Gasteiger partial charge in [0.05, 0.1) is 10.6 Å². The van der Waals surface area contributed by atoms with Gasteiger partial charge in [0.1, 0.15) is 0 Å². The van der Waals surface area contributed by atoms with Gasteiger partial charge in [0.25, 0.3) is 5.91 Å². The Morgan fingerprint density at radius 1 is 1.20 bits per heavy atom. The van der Waals surface area contributed by atoms with Crippen LogP contribution >= 0.6 is 34.7 Å². The highest BCUT2D eigenvalue weighted by Crippen LogP contribution is 2.21. The van der Waals surface area contributed by atoms with E-state index in [9.17, 15) is 9.59 Å². The Morgan fingerprint density at radius 2 is 2.00 bits per heavy atom. The second-order valence-corrected chi connectivity index (χ2v) is 7.15. The summed E-state index contributed by atoms with van der Waals surface area (Å²) in [6.07, 6.45) is 3.47. The first kappa shape index (κ1) is 17.5. The van der Waals surface area contributed by atoms with Crippen LogP contribution in [-0.4, -0.2) is 27.1 Å². The number of aromatic nitrogens is 2. The molecule has 0 aliphatic carbocycles. The first-order chi connectivity index (χ1) is 12.1. The average molecular weight is 393 g/mol. The highest BCUT2D eigenvalue weighted by molar-refractivity contribution is 7.99. The summed E-state index contributed by atoms with van der Waals surface area (Å²) in [4.78, 5) is 28.5. The number of rotatable bonds is 5. The fraction of sp³-hybridized carbons (Fsp3) is 0.0625. The number of carbonyl (C=O) groups excluding carboxylic acids is 2.